The molecule has 176 valence electrons. The summed E-state index contributed by atoms with van der Waals surface area (Å²) in [6, 6.07) is 11.4. The van der Waals surface area contributed by atoms with Crippen LogP contribution in [0.4, 0.5) is 17.1 Å². The summed E-state index contributed by atoms with van der Waals surface area (Å²) in [5, 5.41) is 2.80. The van der Waals surface area contributed by atoms with E-state index in [9.17, 15) is 18.0 Å². The van der Waals surface area contributed by atoms with E-state index in [2.05, 4.69) is 5.32 Å². The summed E-state index contributed by atoms with van der Waals surface area (Å²) in [4.78, 5) is 29.8. The van der Waals surface area contributed by atoms with Crippen molar-refractivity contribution >= 4 is 38.9 Å². The number of fused-ring (bicyclic) bond motifs is 3. The maximum absolute atomic E-state index is 13.4. The van der Waals surface area contributed by atoms with Crippen molar-refractivity contribution in [3.05, 3.63) is 42.5 Å². The number of sulfonamides is 1. The number of amides is 2. The Labute approximate surface area is 194 Å². The minimum absolute atomic E-state index is 0.0766. The number of carbonyl (C=O) groups is 2. The molecule has 0 saturated carbocycles. The maximum Gasteiger partial charge on any atom is 0.250 e. The van der Waals surface area contributed by atoms with Gasteiger partial charge in [-0.15, -0.1) is 0 Å². The summed E-state index contributed by atoms with van der Waals surface area (Å²) in [6.07, 6.45) is 2.58. The lowest BCUT2D eigenvalue weighted by molar-refractivity contribution is -0.123. The third-order valence-corrected chi connectivity index (χ3v) is 7.85. The summed E-state index contributed by atoms with van der Waals surface area (Å²) in [6.45, 7) is 0.492. The lowest BCUT2D eigenvalue weighted by Gasteiger charge is -2.45. The monoisotopic (exact) mass is 472 g/mol. The van der Waals surface area contributed by atoms with E-state index in [4.69, 9.17) is 4.74 Å². The van der Waals surface area contributed by atoms with Gasteiger partial charge < -0.3 is 15.0 Å². The number of methoxy groups -OCH3 is 1. The third-order valence-electron chi connectivity index (χ3n) is 6.03. The van der Waals surface area contributed by atoms with Crippen LogP contribution in [0.5, 0.6) is 5.75 Å². The smallest absolute Gasteiger partial charge is 0.250 e. The van der Waals surface area contributed by atoms with Crippen molar-refractivity contribution in [1.82, 2.24) is 4.31 Å². The Morgan fingerprint density at radius 1 is 1.15 bits per heavy atom. The summed E-state index contributed by atoms with van der Waals surface area (Å²) in [7, 11) is 0.755. The minimum atomic E-state index is -3.70. The van der Waals surface area contributed by atoms with E-state index >= 15 is 0 Å². The van der Waals surface area contributed by atoms with Gasteiger partial charge in [0.25, 0.3) is 0 Å². The van der Waals surface area contributed by atoms with Gasteiger partial charge in [0.1, 0.15) is 18.3 Å². The van der Waals surface area contributed by atoms with Crippen molar-refractivity contribution in [3.8, 4) is 5.75 Å². The van der Waals surface area contributed by atoms with Crippen LogP contribution in [0.2, 0.25) is 0 Å². The molecule has 0 spiro atoms. The van der Waals surface area contributed by atoms with Crippen LogP contribution in [-0.4, -0.2) is 64.9 Å². The molecule has 2 aliphatic rings. The average Bonchev–Trinajstić information content (AvgIpc) is 2.81. The minimum Gasteiger partial charge on any atom is -0.497 e. The molecular formula is C23H28N4O5S. The molecule has 0 bridgehead atoms. The molecule has 2 aromatic carbocycles. The summed E-state index contributed by atoms with van der Waals surface area (Å²) in [5.74, 6) is 0.0265. The zero-order valence-corrected chi connectivity index (χ0v) is 19.8. The van der Waals surface area contributed by atoms with E-state index in [-0.39, 0.29) is 29.3 Å². The Kier molecular flexibility index (Phi) is 6.31. The molecule has 0 radical (unpaired) electrons. The van der Waals surface area contributed by atoms with Crippen LogP contribution < -0.4 is 19.9 Å². The Bertz CT molecular complexity index is 1180. The molecule has 1 N–H and O–H groups in total. The second kappa shape index (κ2) is 9.03. The molecule has 1 saturated heterocycles. The van der Waals surface area contributed by atoms with E-state index < -0.39 is 10.0 Å². The van der Waals surface area contributed by atoms with Crippen LogP contribution in [0.15, 0.2) is 47.4 Å². The van der Waals surface area contributed by atoms with Crippen LogP contribution in [0.3, 0.4) is 0 Å². The lowest BCUT2D eigenvalue weighted by Crippen LogP contribution is -2.56. The summed E-state index contributed by atoms with van der Waals surface area (Å²) < 4.78 is 31.8. The second-order valence-corrected chi connectivity index (χ2v) is 10.5. The molecule has 33 heavy (non-hydrogen) atoms. The number of benzene rings is 2. The zero-order chi connectivity index (χ0) is 23.8. The predicted octanol–water partition coefficient (Wildman–Crippen LogP) is 2.29. The molecule has 10 heteroatoms. The number of nitrogens with zero attached hydrogens (tertiary/aromatic N) is 3. The van der Waals surface area contributed by atoms with Crippen molar-refractivity contribution in [2.24, 2.45) is 0 Å². The molecule has 1 atom stereocenters. The first-order valence-electron chi connectivity index (χ1n) is 10.8. The van der Waals surface area contributed by atoms with E-state index in [1.165, 1.54) is 25.1 Å². The highest BCUT2D eigenvalue weighted by atomic mass is 32.2. The van der Waals surface area contributed by atoms with E-state index in [1.54, 1.807) is 43.5 Å². The first kappa shape index (κ1) is 23.1. The standard InChI is InChI=1S/C23H28N4O5S/c1-25(2)33(30,31)18-10-11-19-21(14-18)27(23(29)20-9-4-5-12-26(19)20)15-22(28)24-16-7-6-8-17(13-16)32-3/h6-8,10-11,13-14,20H,4-5,9,12,15H2,1-3H3,(H,24,28)/t20-/m1/s1. The highest BCUT2D eigenvalue weighted by Crippen LogP contribution is 2.40. The average molecular weight is 473 g/mol. The van der Waals surface area contributed by atoms with Gasteiger partial charge in [-0.1, -0.05) is 6.07 Å². The Morgan fingerprint density at radius 3 is 2.67 bits per heavy atom. The van der Waals surface area contributed by atoms with E-state index in [1.807, 2.05) is 4.90 Å². The first-order chi connectivity index (χ1) is 15.7. The number of nitrogens with one attached hydrogen (secondary N) is 1. The molecular weight excluding hydrogens is 444 g/mol. The van der Waals surface area contributed by atoms with Gasteiger partial charge >= 0.3 is 0 Å². The van der Waals surface area contributed by atoms with Gasteiger partial charge in [-0.2, -0.15) is 0 Å². The second-order valence-electron chi connectivity index (χ2n) is 8.35. The van der Waals surface area contributed by atoms with Crippen LogP contribution >= 0.6 is 0 Å². The van der Waals surface area contributed by atoms with Crippen LogP contribution in [-0.2, 0) is 19.6 Å². The summed E-state index contributed by atoms with van der Waals surface area (Å²) in [5.41, 5.74) is 1.75. The SMILES string of the molecule is COc1cccc(NC(=O)CN2C(=O)[C@H]3CCCCN3c3ccc(S(=O)(=O)N(C)C)cc32)c1. The van der Waals surface area contributed by atoms with Crippen molar-refractivity contribution < 1.29 is 22.7 Å². The first-order valence-corrected chi connectivity index (χ1v) is 12.2. The Hall–Kier alpha value is -3.11. The molecule has 1 fully saturated rings. The van der Waals surface area contributed by atoms with Gasteiger partial charge in [0, 0.05) is 32.4 Å². The third kappa shape index (κ3) is 4.40. The van der Waals surface area contributed by atoms with E-state index in [0.29, 0.717) is 30.1 Å². The van der Waals surface area contributed by atoms with E-state index in [0.717, 1.165) is 22.8 Å². The Balaban J connectivity index is 1.69. The van der Waals surface area contributed by atoms with Gasteiger partial charge in [-0.3, -0.25) is 14.5 Å². The molecule has 9 nitrogen and oxygen atoms in total. The highest BCUT2D eigenvalue weighted by Gasteiger charge is 2.40. The van der Waals surface area contributed by atoms with Crippen LogP contribution in [0.25, 0.3) is 0 Å². The normalized spacial score (nSPS) is 18.1. The number of rotatable bonds is 6. The molecule has 4 rings (SSSR count). The topological polar surface area (TPSA) is 99.3 Å². The van der Waals surface area contributed by atoms with Gasteiger partial charge in [0.2, 0.25) is 21.8 Å². The van der Waals surface area contributed by atoms with Crippen molar-refractivity contribution in [2.75, 3.05) is 49.4 Å². The maximum atomic E-state index is 13.4. The van der Waals surface area contributed by atoms with Crippen LogP contribution in [0.1, 0.15) is 19.3 Å². The summed E-state index contributed by atoms with van der Waals surface area (Å²) >= 11 is 0. The largest absolute Gasteiger partial charge is 0.497 e. The molecule has 2 aliphatic heterocycles. The number of piperidine rings is 1. The number of hydrogen-bond donors (Lipinski definition) is 1. The van der Waals surface area contributed by atoms with Gasteiger partial charge in [0.05, 0.1) is 23.4 Å². The fourth-order valence-electron chi connectivity index (χ4n) is 4.32. The predicted molar refractivity (Wildman–Crippen MR) is 126 cm³/mol. The molecule has 2 heterocycles. The van der Waals surface area contributed by atoms with Crippen molar-refractivity contribution in [2.45, 2.75) is 30.2 Å². The van der Waals surface area contributed by atoms with Crippen LogP contribution in [0, 0.1) is 0 Å². The number of hydrogen-bond acceptors (Lipinski definition) is 6. The number of carbonyl (C=O) groups excluding carboxylic acids is 2. The van der Waals surface area contributed by atoms with Gasteiger partial charge in [0.15, 0.2) is 0 Å². The van der Waals surface area contributed by atoms with Crippen molar-refractivity contribution in [1.29, 1.82) is 0 Å². The fourth-order valence-corrected chi connectivity index (χ4v) is 5.24. The fraction of sp³-hybridized carbons (Fsp3) is 0.391. The highest BCUT2D eigenvalue weighted by molar-refractivity contribution is 7.89. The molecule has 0 aliphatic carbocycles. The quantitative estimate of drug-likeness (QED) is 0.693. The lowest BCUT2D eigenvalue weighted by atomic mass is 9.96. The number of anilines is 3. The molecule has 0 unspecified atom stereocenters. The number of ether oxygens (including phenoxy) is 1. The van der Waals surface area contributed by atoms with Gasteiger partial charge in [-0.25, -0.2) is 12.7 Å². The Morgan fingerprint density at radius 2 is 1.94 bits per heavy atom. The molecule has 0 aromatic heterocycles. The zero-order valence-electron chi connectivity index (χ0n) is 18.9. The van der Waals surface area contributed by atoms with Crippen molar-refractivity contribution in [3.63, 3.8) is 0 Å². The van der Waals surface area contributed by atoms with Gasteiger partial charge in [-0.05, 0) is 49.6 Å². The molecule has 2 aromatic rings. The molecule has 2 amide bonds.